The Kier molecular flexibility index (Phi) is 7.98. The van der Waals surface area contributed by atoms with Crippen molar-refractivity contribution in [2.24, 2.45) is 4.99 Å². The van der Waals surface area contributed by atoms with Gasteiger partial charge in [0.1, 0.15) is 11.6 Å². The molecule has 1 heterocycles. The number of aryl methyl sites for hydroxylation is 1. The molecular weight excluding hydrogens is 366 g/mol. The number of guanidine groups is 1. The van der Waals surface area contributed by atoms with E-state index in [2.05, 4.69) is 20.9 Å². The summed E-state index contributed by atoms with van der Waals surface area (Å²) in [6.07, 6.45) is 2.11. The molecule has 0 aliphatic carbocycles. The molecule has 1 atom stereocenters. The quantitative estimate of drug-likeness (QED) is 0.366. The number of furan rings is 1. The molecule has 1 amide bonds. The highest BCUT2D eigenvalue weighted by molar-refractivity contribution is 5.92. The monoisotopic (exact) mass is 392 g/mol. The number of aliphatic imine (C=N–C) groups is 1. The summed E-state index contributed by atoms with van der Waals surface area (Å²) in [5.41, 5.74) is 1.14. The summed E-state index contributed by atoms with van der Waals surface area (Å²) in [6, 6.07) is 4.85. The standard InChI is InChI=1S/C20H26F2N4O2/c1-4-23-20(26-14(3)16-7-6-15(21)12-17(16)22)25-10-5-9-24-19(27)18-13(2)8-11-28-18/h6-8,11-12,14H,4-5,9-10H2,1-3H3,(H,24,27)(H2,23,25,26). The van der Waals surface area contributed by atoms with Crippen LogP contribution in [0.25, 0.3) is 0 Å². The van der Waals surface area contributed by atoms with Crippen LogP contribution in [-0.4, -0.2) is 31.5 Å². The Morgan fingerprint density at radius 2 is 2.04 bits per heavy atom. The second-order valence-corrected chi connectivity index (χ2v) is 6.33. The van der Waals surface area contributed by atoms with Crippen LogP contribution in [0.2, 0.25) is 0 Å². The average molecular weight is 392 g/mol. The van der Waals surface area contributed by atoms with Gasteiger partial charge in [-0.05, 0) is 39.3 Å². The molecule has 152 valence electrons. The van der Waals surface area contributed by atoms with Gasteiger partial charge in [0.05, 0.1) is 12.3 Å². The molecule has 6 nitrogen and oxygen atoms in total. The van der Waals surface area contributed by atoms with Crippen LogP contribution < -0.4 is 16.0 Å². The number of amides is 1. The zero-order valence-corrected chi connectivity index (χ0v) is 16.3. The van der Waals surface area contributed by atoms with Gasteiger partial charge in [-0.3, -0.25) is 9.79 Å². The van der Waals surface area contributed by atoms with Gasteiger partial charge in [-0.2, -0.15) is 0 Å². The van der Waals surface area contributed by atoms with E-state index in [-0.39, 0.29) is 11.9 Å². The summed E-state index contributed by atoms with van der Waals surface area (Å²) < 4.78 is 32.1. The second kappa shape index (κ2) is 10.4. The first kappa shape index (κ1) is 21.4. The van der Waals surface area contributed by atoms with Crippen LogP contribution in [0.3, 0.4) is 0 Å². The number of halogens is 2. The number of rotatable bonds is 8. The SMILES string of the molecule is CCNC(=NCCCNC(=O)c1occc1C)NC(C)c1ccc(F)cc1F. The molecule has 0 saturated heterocycles. The van der Waals surface area contributed by atoms with Crippen LogP contribution in [0.15, 0.2) is 39.9 Å². The molecule has 0 fully saturated rings. The fourth-order valence-corrected chi connectivity index (χ4v) is 2.61. The van der Waals surface area contributed by atoms with Crippen LogP contribution in [0.4, 0.5) is 8.78 Å². The normalized spacial score (nSPS) is 12.5. The van der Waals surface area contributed by atoms with E-state index in [1.165, 1.54) is 18.4 Å². The first-order valence-electron chi connectivity index (χ1n) is 9.24. The van der Waals surface area contributed by atoms with Gasteiger partial charge in [0, 0.05) is 36.8 Å². The second-order valence-electron chi connectivity index (χ2n) is 6.33. The minimum absolute atomic E-state index is 0.253. The van der Waals surface area contributed by atoms with Gasteiger partial charge in [-0.25, -0.2) is 8.78 Å². The van der Waals surface area contributed by atoms with Crippen molar-refractivity contribution in [3.05, 3.63) is 59.1 Å². The number of hydrogen-bond donors (Lipinski definition) is 3. The number of hydrogen-bond acceptors (Lipinski definition) is 3. The third kappa shape index (κ3) is 6.07. The Balaban J connectivity index is 1.84. The molecule has 0 spiro atoms. The van der Waals surface area contributed by atoms with Crippen molar-refractivity contribution in [2.75, 3.05) is 19.6 Å². The zero-order valence-electron chi connectivity index (χ0n) is 16.3. The predicted molar refractivity (Wildman–Crippen MR) is 104 cm³/mol. The number of nitrogens with zero attached hydrogens (tertiary/aromatic N) is 1. The van der Waals surface area contributed by atoms with Crippen molar-refractivity contribution in [3.63, 3.8) is 0 Å². The summed E-state index contributed by atoms with van der Waals surface area (Å²) in [5.74, 6) is -0.634. The maximum absolute atomic E-state index is 13.9. The summed E-state index contributed by atoms with van der Waals surface area (Å²) in [4.78, 5) is 16.4. The topological polar surface area (TPSA) is 78.7 Å². The Hall–Kier alpha value is -2.90. The van der Waals surface area contributed by atoms with Gasteiger partial charge in [-0.15, -0.1) is 0 Å². The van der Waals surface area contributed by atoms with Gasteiger partial charge in [-0.1, -0.05) is 6.07 Å². The van der Waals surface area contributed by atoms with E-state index in [9.17, 15) is 13.6 Å². The van der Waals surface area contributed by atoms with Crippen LogP contribution in [0.1, 0.15) is 48.0 Å². The Morgan fingerprint density at radius 1 is 1.25 bits per heavy atom. The van der Waals surface area contributed by atoms with E-state index in [0.29, 0.717) is 43.3 Å². The molecular formula is C20H26F2N4O2. The van der Waals surface area contributed by atoms with Crippen LogP contribution in [0.5, 0.6) is 0 Å². The van der Waals surface area contributed by atoms with E-state index in [1.54, 1.807) is 13.0 Å². The molecule has 8 heteroatoms. The summed E-state index contributed by atoms with van der Waals surface area (Å²) in [6.45, 7) is 7.05. The first-order chi connectivity index (χ1) is 13.4. The summed E-state index contributed by atoms with van der Waals surface area (Å²) >= 11 is 0. The fourth-order valence-electron chi connectivity index (χ4n) is 2.61. The molecule has 2 rings (SSSR count). The number of benzene rings is 1. The number of carbonyl (C=O) groups excluding carboxylic acids is 1. The van der Waals surface area contributed by atoms with Crippen molar-refractivity contribution >= 4 is 11.9 Å². The summed E-state index contributed by atoms with van der Waals surface area (Å²) in [5, 5.41) is 8.96. The Morgan fingerprint density at radius 3 is 2.68 bits per heavy atom. The highest BCUT2D eigenvalue weighted by atomic mass is 19.1. The van der Waals surface area contributed by atoms with Gasteiger partial charge in [0.2, 0.25) is 0 Å². The number of carbonyl (C=O) groups is 1. The predicted octanol–water partition coefficient (Wildman–Crippen LogP) is 3.30. The van der Waals surface area contributed by atoms with Crippen LogP contribution in [0, 0.1) is 18.6 Å². The maximum Gasteiger partial charge on any atom is 0.287 e. The van der Waals surface area contributed by atoms with Crippen molar-refractivity contribution in [3.8, 4) is 0 Å². The molecule has 0 radical (unpaired) electrons. The van der Waals surface area contributed by atoms with Gasteiger partial charge >= 0.3 is 0 Å². The lowest BCUT2D eigenvalue weighted by atomic mass is 10.1. The third-order valence-electron chi connectivity index (χ3n) is 4.09. The Labute approximate surface area is 163 Å². The fraction of sp³-hybridized carbons (Fsp3) is 0.400. The largest absolute Gasteiger partial charge is 0.459 e. The molecule has 0 saturated carbocycles. The van der Waals surface area contributed by atoms with E-state index >= 15 is 0 Å². The lowest BCUT2D eigenvalue weighted by molar-refractivity contribution is 0.0925. The molecule has 1 unspecified atom stereocenters. The minimum Gasteiger partial charge on any atom is -0.459 e. The van der Waals surface area contributed by atoms with Crippen LogP contribution >= 0.6 is 0 Å². The van der Waals surface area contributed by atoms with Gasteiger partial charge in [0.25, 0.3) is 5.91 Å². The molecule has 0 aliphatic heterocycles. The molecule has 1 aromatic carbocycles. The first-order valence-corrected chi connectivity index (χ1v) is 9.24. The molecule has 2 aromatic rings. The molecule has 28 heavy (non-hydrogen) atoms. The molecule has 0 aliphatic rings. The molecule has 1 aromatic heterocycles. The molecule has 3 N–H and O–H groups in total. The van der Waals surface area contributed by atoms with Crippen molar-refractivity contribution < 1.29 is 18.0 Å². The van der Waals surface area contributed by atoms with E-state index in [4.69, 9.17) is 4.42 Å². The highest BCUT2D eigenvalue weighted by Crippen LogP contribution is 2.17. The lowest BCUT2D eigenvalue weighted by Crippen LogP contribution is -2.39. The van der Waals surface area contributed by atoms with E-state index in [0.717, 1.165) is 11.6 Å². The number of nitrogens with one attached hydrogen (secondary N) is 3. The lowest BCUT2D eigenvalue weighted by Gasteiger charge is -2.18. The van der Waals surface area contributed by atoms with E-state index < -0.39 is 11.6 Å². The third-order valence-corrected chi connectivity index (χ3v) is 4.09. The maximum atomic E-state index is 13.9. The van der Waals surface area contributed by atoms with Gasteiger partial charge < -0.3 is 20.4 Å². The highest BCUT2D eigenvalue weighted by Gasteiger charge is 2.13. The van der Waals surface area contributed by atoms with Crippen molar-refractivity contribution in [1.82, 2.24) is 16.0 Å². The smallest absolute Gasteiger partial charge is 0.287 e. The van der Waals surface area contributed by atoms with Crippen LogP contribution in [-0.2, 0) is 0 Å². The van der Waals surface area contributed by atoms with Crippen molar-refractivity contribution in [1.29, 1.82) is 0 Å². The van der Waals surface area contributed by atoms with Crippen molar-refractivity contribution in [2.45, 2.75) is 33.2 Å². The summed E-state index contributed by atoms with van der Waals surface area (Å²) in [7, 11) is 0. The molecule has 0 bridgehead atoms. The Bertz CT molecular complexity index is 820. The minimum atomic E-state index is -0.610. The zero-order chi connectivity index (χ0) is 20.5. The van der Waals surface area contributed by atoms with E-state index in [1.807, 2.05) is 13.8 Å². The average Bonchev–Trinajstić information content (AvgIpc) is 3.07. The van der Waals surface area contributed by atoms with Gasteiger partial charge in [0.15, 0.2) is 11.7 Å².